The number of hydrogen-bond acceptors (Lipinski definition) is 5. The Kier molecular flexibility index (Phi) is 5.12. The SMILES string of the molecule is CC1C=CC2=C(C1)C(=O)N(OC[C@@H]1CC(F)CN1C(=O)OC(C)(C)C)C2=O. The molecule has 3 atom stereocenters. The first kappa shape index (κ1) is 19.5. The molecule has 3 rings (SSSR count). The second-order valence-electron chi connectivity index (χ2n) is 8.25. The summed E-state index contributed by atoms with van der Waals surface area (Å²) >= 11 is 0. The van der Waals surface area contributed by atoms with Crippen molar-refractivity contribution in [2.24, 2.45) is 5.92 Å². The molecule has 2 unspecified atom stereocenters. The number of likely N-dealkylation sites (tertiary alicyclic amines) is 1. The predicted molar refractivity (Wildman–Crippen MR) is 94.0 cm³/mol. The molecule has 8 heteroatoms. The molecule has 27 heavy (non-hydrogen) atoms. The maximum Gasteiger partial charge on any atom is 0.410 e. The van der Waals surface area contributed by atoms with Gasteiger partial charge in [0.15, 0.2) is 0 Å². The van der Waals surface area contributed by atoms with Crippen molar-refractivity contribution >= 4 is 17.9 Å². The van der Waals surface area contributed by atoms with E-state index in [1.54, 1.807) is 26.8 Å². The Morgan fingerprint density at radius 1 is 1.30 bits per heavy atom. The molecule has 0 N–H and O–H groups in total. The standard InChI is InChI=1S/C19H25FN2O5/c1-11-5-6-14-15(7-11)17(24)22(16(14)23)26-10-13-8-12(20)9-21(13)18(25)27-19(2,3)4/h5-6,11-13H,7-10H2,1-4H3/t11?,12?,13-/m0/s1. The van der Waals surface area contributed by atoms with Crippen LogP contribution in [0.5, 0.6) is 0 Å². The van der Waals surface area contributed by atoms with Gasteiger partial charge in [-0.1, -0.05) is 19.1 Å². The molecule has 0 radical (unpaired) electrons. The van der Waals surface area contributed by atoms with Gasteiger partial charge in [0.1, 0.15) is 11.8 Å². The third-order valence-corrected chi connectivity index (χ3v) is 4.69. The van der Waals surface area contributed by atoms with Crippen molar-refractivity contribution in [2.45, 2.75) is 58.4 Å². The van der Waals surface area contributed by atoms with Crippen LogP contribution in [0.2, 0.25) is 0 Å². The zero-order valence-corrected chi connectivity index (χ0v) is 16.0. The summed E-state index contributed by atoms with van der Waals surface area (Å²) in [6.07, 6.45) is 2.24. The van der Waals surface area contributed by atoms with Crippen LogP contribution in [0.4, 0.5) is 9.18 Å². The Morgan fingerprint density at radius 3 is 2.67 bits per heavy atom. The van der Waals surface area contributed by atoms with E-state index in [-0.39, 0.29) is 25.5 Å². The Labute approximate surface area is 157 Å². The summed E-state index contributed by atoms with van der Waals surface area (Å²) < 4.78 is 19.2. The number of amides is 3. The van der Waals surface area contributed by atoms with Crippen LogP contribution in [0.3, 0.4) is 0 Å². The van der Waals surface area contributed by atoms with Crippen LogP contribution < -0.4 is 0 Å². The van der Waals surface area contributed by atoms with E-state index in [9.17, 15) is 18.8 Å². The number of carbonyl (C=O) groups is 3. The second-order valence-corrected chi connectivity index (χ2v) is 8.25. The fraction of sp³-hybridized carbons (Fsp3) is 0.632. The largest absolute Gasteiger partial charge is 0.444 e. The van der Waals surface area contributed by atoms with Crippen molar-refractivity contribution in [1.29, 1.82) is 0 Å². The highest BCUT2D eigenvalue weighted by atomic mass is 19.1. The highest BCUT2D eigenvalue weighted by Gasteiger charge is 2.42. The lowest BCUT2D eigenvalue weighted by molar-refractivity contribution is -0.189. The highest BCUT2D eigenvalue weighted by molar-refractivity contribution is 6.20. The topological polar surface area (TPSA) is 76.2 Å². The van der Waals surface area contributed by atoms with Gasteiger partial charge < -0.3 is 4.74 Å². The lowest BCUT2D eigenvalue weighted by Gasteiger charge is -2.28. The number of rotatable bonds is 3. The lowest BCUT2D eigenvalue weighted by atomic mass is 9.92. The monoisotopic (exact) mass is 380 g/mol. The molecule has 1 fully saturated rings. The van der Waals surface area contributed by atoms with Crippen molar-refractivity contribution in [3.8, 4) is 0 Å². The molecule has 0 aromatic carbocycles. The first-order valence-corrected chi connectivity index (χ1v) is 9.13. The molecule has 2 heterocycles. The van der Waals surface area contributed by atoms with Crippen LogP contribution in [0.25, 0.3) is 0 Å². The number of hydrogen-bond donors (Lipinski definition) is 0. The Balaban J connectivity index is 1.64. The molecule has 3 amide bonds. The molecule has 7 nitrogen and oxygen atoms in total. The minimum absolute atomic E-state index is 0.0690. The quantitative estimate of drug-likeness (QED) is 0.704. The van der Waals surface area contributed by atoms with Crippen LogP contribution in [0.1, 0.15) is 40.5 Å². The minimum atomic E-state index is -1.20. The molecule has 1 saturated heterocycles. The zero-order chi connectivity index (χ0) is 19.9. The molecule has 0 aromatic heterocycles. The number of carbonyl (C=O) groups excluding carboxylic acids is 3. The van der Waals surface area contributed by atoms with Gasteiger partial charge in [-0.2, -0.15) is 0 Å². The van der Waals surface area contributed by atoms with Gasteiger partial charge in [0.05, 0.1) is 24.8 Å². The van der Waals surface area contributed by atoms with E-state index < -0.39 is 35.7 Å². The average Bonchev–Trinajstić information content (AvgIpc) is 3.03. The number of allylic oxidation sites excluding steroid dienone is 1. The zero-order valence-electron chi connectivity index (χ0n) is 16.0. The van der Waals surface area contributed by atoms with Gasteiger partial charge in [0.2, 0.25) is 0 Å². The second kappa shape index (κ2) is 7.07. The van der Waals surface area contributed by atoms with Gasteiger partial charge in [-0.15, -0.1) is 5.06 Å². The van der Waals surface area contributed by atoms with E-state index in [0.29, 0.717) is 17.6 Å². The van der Waals surface area contributed by atoms with Crippen molar-refractivity contribution in [3.05, 3.63) is 23.3 Å². The number of ether oxygens (including phenoxy) is 1. The number of nitrogens with zero attached hydrogens (tertiary/aromatic N) is 2. The van der Waals surface area contributed by atoms with Gasteiger partial charge in [0, 0.05) is 12.0 Å². The van der Waals surface area contributed by atoms with Gasteiger partial charge in [0.25, 0.3) is 11.8 Å². The Bertz CT molecular complexity index is 724. The van der Waals surface area contributed by atoms with Gasteiger partial charge in [-0.25, -0.2) is 9.18 Å². The fourth-order valence-corrected chi connectivity index (χ4v) is 3.43. The minimum Gasteiger partial charge on any atom is -0.444 e. The van der Waals surface area contributed by atoms with Crippen LogP contribution in [0.15, 0.2) is 23.3 Å². The van der Waals surface area contributed by atoms with E-state index in [0.717, 1.165) is 5.06 Å². The summed E-state index contributed by atoms with van der Waals surface area (Å²) in [5, 5.41) is 0.728. The van der Waals surface area contributed by atoms with E-state index >= 15 is 0 Å². The highest BCUT2D eigenvalue weighted by Crippen LogP contribution is 2.32. The van der Waals surface area contributed by atoms with Crippen molar-refractivity contribution < 1.29 is 28.3 Å². The number of imide groups is 1. The number of alkyl halides is 1. The predicted octanol–water partition coefficient (Wildman–Crippen LogP) is 2.53. The van der Waals surface area contributed by atoms with Crippen LogP contribution in [-0.2, 0) is 19.2 Å². The summed E-state index contributed by atoms with van der Waals surface area (Å²) in [5.74, 6) is -0.827. The molecular weight excluding hydrogens is 355 g/mol. The Morgan fingerprint density at radius 2 is 2.00 bits per heavy atom. The smallest absolute Gasteiger partial charge is 0.410 e. The molecule has 3 aliphatic rings. The van der Waals surface area contributed by atoms with Gasteiger partial charge >= 0.3 is 6.09 Å². The fourth-order valence-electron chi connectivity index (χ4n) is 3.43. The molecule has 0 spiro atoms. The Hall–Kier alpha value is -2.22. The van der Waals surface area contributed by atoms with Crippen LogP contribution in [-0.4, -0.2) is 58.8 Å². The van der Waals surface area contributed by atoms with E-state index in [4.69, 9.17) is 9.57 Å². The molecule has 0 bridgehead atoms. The van der Waals surface area contributed by atoms with Gasteiger partial charge in [-0.05, 0) is 33.1 Å². The molecule has 0 aromatic rings. The van der Waals surface area contributed by atoms with Crippen molar-refractivity contribution in [3.63, 3.8) is 0 Å². The third-order valence-electron chi connectivity index (χ3n) is 4.69. The number of hydroxylamine groups is 2. The normalized spacial score (nSPS) is 28.3. The maximum absolute atomic E-state index is 13.9. The van der Waals surface area contributed by atoms with E-state index in [1.165, 1.54) is 4.90 Å². The molecule has 148 valence electrons. The van der Waals surface area contributed by atoms with Crippen LogP contribution >= 0.6 is 0 Å². The van der Waals surface area contributed by atoms with Crippen molar-refractivity contribution in [2.75, 3.05) is 13.2 Å². The summed E-state index contributed by atoms with van der Waals surface area (Å²) in [6, 6.07) is -0.609. The molecule has 1 aliphatic carbocycles. The average molecular weight is 380 g/mol. The number of halogens is 1. The summed E-state index contributed by atoms with van der Waals surface area (Å²) in [7, 11) is 0. The molecular formula is C19H25FN2O5. The maximum atomic E-state index is 13.9. The first-order chi connectivity index (χ1) is 12.6. The lowest BCUT2D eigenvalue weighted by Crippen LogP contribution is -2.44. The summed E-state index contributed by atoms with van der Waals surface area (Å²) in [4.78, 5) is 43.9. The van der Waals surface area contributed by atoms with Crippen LogP contribution in [0, 0.1) is 5.92 Å². The molecule has 2 aliphatic heterocycles. The third kappa shape index (κ3) is 4.05. The van der Waals surface area contributed by atoms with Gasteiger partial charge in [-0.3, -0.25) is 19.3 Å². The first-order valence-electron chi connectivity index (χ1n) is 9.13. The van der Waals surface area contributed by atoms with E-state index in [2.05, 4.69) is 0 Å². The summed E-state index contributed by atoms with van der Waals surface area (Å²) in [6.45, 7) is 6.89. The van der Waals surface area contributed by atoms with E-state index in [1.807, 2.05) is 13.0 Å². The molecule has 0 saturated carbocycles. The van der Waals surface area contributed by atoms with Crippen molar-refractivity contribution in [1.82, 2.24) is 9.96 Å². The summed E-state index contributed by atoms with van der Waals surface area (Å²) in [5.41, 5.74) is 0.0784.